The van der Waals surface area contributed by atoms with Crippen molar-refractivity contribution in [3.8, 4) is 0 Å². The van der Waals surface area contributed by atoms with Crippen molar-refractivity contribution in [2.24, 2.45) is 0 Å². The van der Waals surface area contributed by atoms with E-state index in [1.165, 1.54) is 23.5 Å². The van der Waals surface area contributed by atoms with Crippen LogP contribution in [0.25, 0.3) is 0 Å². The number of anilines is 1. The fourth-order valence-corrected chi connectivity index (χ4v) is 2.89. The number of benzene rings is 1. The number of rotatable bonds is 6. The van der Waals surface area contributed by atoms with Gasteiger partial charge in [0.15, 0.2) is 0 Å². The molecule has 0 aromatic heterocycles. The number of hydrogen-bond acceptors (Lipinski definition) is 4. The van der Waals surface area contributed by atoms with Crippen molar-refractivity contribution < 1.29 is 18.3 Å². The van der Waals surface area contributed by atoms with Gasteiger partial charge in [-0.05, 0) is 24.6 Å². The first-order chi connectivity index (χ1) is 8.80. The number of aromatic carboxylic acids is 1. The SMILES string of the molecule is CCCCN(C)S(=O)(=O)c1ccc(C(=O)O)cc1N. The van der Waals surface area contributed by atoms with E-state index in [0.717, 1.165) is 18.9 Å². The lowest BCUT2D eigenvalue weighted by Crippen LogP contribution is -2.28. The molecule has 7 heteroatoms. The Bertz CT molecular complexity index is 569. The Balaban J connectivity index is 3.12. The van der Waals surface area contributed by atoms with Gasteiger partial charge in [-0.1, -0.05) is 13.3 Å². The molecule has 0 fully saturated rings. The third kappa shape index (κ3) is 3.45. The van der Waals surface area contributed by atoms with Gasteiger partial charge >= 0.3 is 5.97 Å². The minimum atomic E-state index is -3.67. The lowest BCUT2D eigenvalue weighted by molar-refractivity contribution is 0.0697. The van der Waals surface area contributed by atoms with Crippen LogP contribution in [0.1, 0.15) is 30.1 Å². The normalized spacial score (nSPS) is 11.7. The van der Waals surface area contributed by atoms with Crippen LogP contribution in [0.4, 0.5) is 5.69 Å². The highest BCUT2D eigenvalue weighted by Crippen LogP contribution is 2.23. The van der Waals surface area contributed by atoms with Gasteiger partial charge in [-0.3, -0.25) is 0 Å². The highest BCUT2D eigenvalue weighted by atomic mass is 32.2. The van der Waals surface area contributed by atoms with E-state index in [-0.39, 0.29) is 16.1 Å². The predicted octanol–water partition coefficient (Wildman–Crippen LogP) is 1.39. The maximum absolute atomic E-state index is 12.2. The van der Waals surface area contributed by atoms with Crippen LogP contribution in [-0.2, 0) is 10.0 Å². The molecule has 106 valence electrons. The second-order valence-electron chi connectivity index (χ2n) is 4.24. The van der Waals surface area contributed by atoms with Crippen LogP contribution >= 0.6 is 0 Å². The Labute approximate surface area is 112 Å². The molecule has 1 aromatic rings. The van der Waals surface area contributed by atoms with Crippen molar-refractivity contribution in [3.63, 3.8) is 0 Å². The third-order valence-corrected chi connectivity index (χ3v) is 4.70. The summed E-state index contributed by atoms with van der Waals surface area (Å²) < 4.78 is 25.7. The third-order valence-electron chi connectivity index (χ3n) is 2.77. The van der Waals surface area contributed by atoms with E-state index >= 15 is 0 Å². The first-order valence-corrected chi connectivity index (χ1v) is 7.34. The molecule has 0 unspecified atom stereocenters. The quantitative estimate of drug-likeness (QED) is 0.769. The summed E-state index contributed by atoms with van der Waals surface area (Å²) in [6.45, 7) is 2.37. The number of nitrogen functional groups attached to an aromatic ring is 1. The van der Waals surface area contributed by atoms with Crippen molar-refractivity contribution in [1.82, 2.24) is 4.31 Å². The lowest BCUT2D eigenvalue weighted by atomic mass is 10.2. The summed E-state index contributed by atoms with van der Waals surface area (Å²) >= 11 is 0. The van der Waals surface area contributed by atoms with Crippen molar-refractivity contribution >= 4 is 21.7 Å². The number of sulfonamides is 1. The number of hydrogen-bond donors (Lipinski definition) is 2. The molecule has 6 nitrogen and oxygen atoms in total. The second kappa shape index (κ2) is 6.03. The molecule has 0 aliphatic carbocycles. The van der Waals surface area contributed by atoms with Gasteiger partial charge in [0.25, 0.3) is 0 Å². The van der Waals surface area contributed by atoms with Gasteiger partial charge in [-0.15, -0.1) is 0 Å². The van der Waals surface area contributed by atoms with Gasteiger partial charge in [0.1, 0.15) is 4.90 Å². The predicted molar refractivity (Wildman–Crippen MR) is 72.5 cm³/mol. The molecular formula is C12H18N2O4S. The summed E-state index contributed by atoms with van der Waals surface area (Å²) in [6.07, 6.45) is 1.64. The van der Waals surface area contributed by atoms with E-state index < -0.39 is 16.0 Å². The molecular weight excluding hydrogens is 268 g/mol. The zero-order valence-corrected chi connectivity index (χ0v) is 11.8. The summed E-state index contributed by atoms with van der Waals surface area (Å²) in [5.41, 5.74) is 5.56. The first kappa shape index (κ1) is 15.5. The van der Waals surface area contributed by atoms with Crippen LogP contribution in [-0.4, -0.2) is 37.4 Å². The molecule has 0 bridgehead atoms. The zero-order valence-electron chi connectivity index (χ0n) is 11.0. The van der Waals surface area contributed by atoms with E-state index in [4.69, 9.17) is 10.8 Å². The lowest BCUT2D eigenvalue weighted by Gasteiger charge is -2.18. The molecule has 19 heavy (non-hydrogen) atoms. The number of nitrogens with zero attached hydrogens (tertiary/aromatic N) is 1. The number of carbonyl (C=O) groups is 1. The highest BCUT2D eigenvalue weighted by Gasteiger charge is 2.23. The number of carboxylic acids is 1. The van der Waals surface area contributed by atoms with E-state index in [0.29, 0.717) is 6.54 Å². The fraction of sp³-hybridized carbons (Fsp3) is 0.417. The van der Waals surface area contributed by atoms with Crippen LogP contribution in [0.2, 0.25) is 0 Å². The molecule has 0 atom stereocenters. The van der Waals surface area contributed by atoms with Crippen LogP contribution in [0, 0.1) is 0 Å². The minimum absolute atomic E-state index is 0.0346. The fourth-order valence-electron chi connectivity index (χ4n) is 1.59. The topological polar surface area (TPSA) is 101 Å². The largest absolute Gasteiger partial charge is 0.478 e. The van der Waals surface area contributed by atoms with Crippen LogP contribution < -0.4 is 5.73 Å². The molecule has 0 aliphatic heterocycles. The number of nitrogens with two attached hydrogens (primary N) is 1. The van der Waals surface area contributed by atoms with Crippen molar-refractivity contribution in [3.05, 3.63) is 23.8 Å². The Hall–Kier alpha value is -1.60. The summed E-state index contributed by atoms with van der Waals surface area (Å²) in [5.74, 6) is -1.14. The van der Waals surface area contributed by atoms with E-state index in [1.807, 2.05) is 6.92 Å². The Morgan fingerprint density at radius 1 is 1.42 bits per heavy atom. The molecule has 0 spiro atoms. The van der Waals surface area contributed by atoms with E-state index in [1.54, 1.807) is 0 Å². The van der Waals surface area contributed by atoms with E-state index in [9.17, 15) is 13.2 Å². The number of unbranched alkanes of at least 4 members (excludes halogenated alkanes) is 1. The Kier molecular flexibility index (Phi) is 4.90. The molecule has 1 aromatic carbocycles. The maximum Gasteiger partial charge on any atom is 0.335 e. The monoisotopic (exact) mass is 286 g/mol. The molecule has 0 saturated heterocycles. The van der Waals surface area contributed by atoms with Gasteiger partial charge in [0, 0.05) is 13.6 Å². The van der Waals surface area contributed by atoms with Gasteiger partial charge in [-0.25, -0.2) is 17.5 Å². The molecule has 0 radical (unpaired) electrons. The van der Waals surface area contributed by atoms with E-state index in [2.05, 4.69) is 0 Å². The highest BCUT2D eigenvalue weighted by molar-refractivity contribution is 7.89. The Morgan fingerprint density at radius 3 is 2.53 bits per heavy atom. The summed E-state index contributed by atoms with van der Waals surface area (Å²) in [7, 11) is -2.19. The molecule has 0 saturated carbocycles. The average molecular weight is 286 g/mol. The zero-order chi connectivity index (χ0) is 14.6. The smallest absolute Gasteiger partial charge is 0.335 e. The minimum Gasteiger partial charge on any atom is -0.478 e. The molecule has 3 N–H and O–H groups in total. The van der Waals surface area contributed by atoms with Gasteiger partial charge < -0.3 is 10.8 Å². The van der Waals surface area contributed by atoms with Crippen LogP contribution in [0.15, 0.2) is 23.1 Å². The second-order valence-corrected chi connectivity index (χ2v) is 6.25. The van der Waals surface area contributed by atoms with Gasteiger partial charge in [-0.2, -0.15) is 0 Å². The molecule has 0 amide bonds. The average Bonchev–Trinajstić information content (AvgIpc) is 2.35. The van der Waals surface area contributed by atoms with Crippen LogP contribution in [0.3, 0.4) is 0 Å². The van der Waals surface area contributed by atoms with Crippen molar-refractivity contribution in [1.29, 1.82) is 0 Å². The summed E-state index contributed by atoms with van der Waals surface area (Å²) in [4.78, 5) is 10.7. The summed E-state index contributed by atoms with van der Waals surface area (Å²) in [6, 6.07) is 3.62. The molecule has 0 heterocycles. The maximum atomic E-state index is 12.2. The van der Waals surface area contributed by atoms with Crippen molar-refractivity contribution in [2.75, 3.05) is 19.3 Å². The first-order valence-electron chi connectivity index (χ1n) is 5.90. The van der Waals surface area contributed by atoms with Crippen molar-refractivity contribution in [2.45, 2.75) is 24.7 Å². The Morgan fingerprint density at radius 2 is 2.05 bits per heavy atom. The van der Waals surface area contributed by atoms with Gasteiger partial charge in [0.2, 0.25) is 10.0 Å². The summed E-state index contributed by atoms with van der Waals surface area (Å²) in [5, 5.41) is 8.81. The number of carboxylic acid groups (broad SMARTS) is 1. The molecule has 0 aliphatic rings. The van der Waals surface area contributed by atoms with Crippen LogP contribution in [0.5, 0.6) is 0 Å². The molecule has 1 rings (SSSR count). The van der Waals surface area contributed by atoms with Gasteiger partial charge in [0.05, 0.1) is 11.3 Å². The standard InChI is InChI=1S/C12H18N2O4S/c1-3-4-7-14(2)19(17,18)11-6-5-9(12(15)16)8-10(11)13/h5-6,8H,3-4,7,13H2,1-2H3,(H,15,16).